The van der Waals surface area contributed by atoms with Crippen molar-refractivity contribution in [1.82, 2.24) is 0 Å². The van der Waals surface area contributed by atoms with Crippen molar-refractivity contribution in [3.63, 3.8) is 0 Å². The van der Waals surface area contributed by atoms with E-state index in [2.05, 4.69) is 20.8 Å². The molecular formula is C25H52O7Si. The van der Waals surface area contributed by atoms with E-state index in [4.69, 9.17) is 32.2 Å². The van der Waals surface area contributed by atoms with Crippen molar-refractivity contribution in [2.24, 2.45) is 10.8 Å². The summed E-state index contributed by atoms with van der Waals surface area (Å²) in [5.74, 6) is 0. The Hall–Kier alpha value is -0.0631. The predicted molar refractivity (Wildman–Crippen MR) is 134 cm³/mol. The molecule has 0 aromatic carbocycles. The monoisotopic (exact) mass is 492 g/mol. The van der Waals surface area contributed by atoms with Gasteiger partial charge in [-0.1, -0.05) is 27.2 Å². The van der Waals surface area contributed by atoms with Crippen molar-refractivity contribution in [3.05, 3.63) is 0 Å². The normalized spacial score (nSPS) is 18.7. The van der Waals surface area contributed by atoms with Gasteiger partial charge in [0.2, 0.25) is 0 Å². The highest BCUT2D eigenvalue weighted by molar-refractivity contribution is 6.60. The van der Waals surface area contributed by atoms with Gasteiger partial charge in [0.05, 0.1) is 39.6 Å². The van der Waals surface area contributed by atoms with E-state index in [1.807, 2.05) is 20.8 Å². The van der Waals surface area contributed by atoms with E-state index in [0.29, 0.717) is 25.2 Å². The van der Waals surface area contributed by atoms with Crippen molar-refractivity contribution < 1.29 is 32.2 Å². The summed E-state index contributed by atoms with van der Waals surface area (Å²) < 4.78 is 39.4. The zero-order valence-corrected chi connectivity index (χ0v) is 23.4. The highest BCUT2D eigenvalue weighted by Crippen LogP contribution is 2.32. The minimum Gasteiger partial charge on any atom is -0.381 e. The molecule has 2 fully saturated rings. The van der Waals surface area contributed by atoms with Crippen LogP contribution in [-0.4, -0.2) is 81.5 Å². The van der Waals surface area contributed by atoms with Gasteiger partial charge < -0.3 is 32.2 Å². The molecule has 2 heterocycles. The Bertz CT molecular complexity index is 442. The van der Waals surface area contributed by atoms with Crippen LogP contribution in [0, 0.1) is 10.8 Å². The first-order chi connectivity index (χ1) is 16.0. The summed E-state index contributed by atoms with van der Waals surface area (Å²) in [6.45, 7) is 21.2. The zero-order chi connectivity index (χ0) is 24.5. The van der Waals surface area contributed by atoms with Crippen LogP contribution in [0.1, 0.15) is 73.6 Å². The van der Waals surface area contributed by atoms with Crippen LogP contribution in [0.3, 0.4) is 0 Å². The summed E-state index contributed by atoms with van der Waals surface area (Å²) in [7, 11) is -2.50. The van der Waals surface area contributed by atoms with Gasteiger partial charge in [-0.2, -0.15) is 0 Å². The molecule has 0 aromatic heterocycles. The third-order valence-electron chi connectivity index (χ3n) is 6.46. The average Bonchev–Trinajstić information content (AvgIpc) is 2.75. The van der Waals surface area contributed by atoms with Crippen LogP contribution in [0.5, 0.6) is 0 Å². The van der Waals surface area contributed by atoms with Gasteiger partial charge in [-0.25, -0.2) is 0 Å². The van der Waals surface area contributed by atoms with Gasteiger partial charge in [0.15, 0.2) is 0 Å². The van der Waals surface area contributed by atoms with Crippen LogP contribution in [0.4, 0.5) is 0 Å². The van der Waals surface area contributed by atoms with Crippen molar-refractivity contribution >= 4 is 8.80 Å². The van der Waals surface area contributed by atoms with E-state index in [-0.39, 0.29) is 5.41 Å². The highest BCUT2D eigenvalue weighted by Gasteiger charge is 2.40. The first-order valence-electron chi connectivity index (χ1n) is 13.2. The second-order valence-electron chi connectivity index (χ2n) is 9.24. The van der Waals surface area contributed by atoms with Crippen LogP contribution in [0.2, 0.25) is 6.04 Å². The maximum Gasteiger partial charge on any atom is 0.501 e. The Morgan fingerprint density at radius 3 is 1.36 bits per heavy atom. The average molecular weight is 493 g/mol. The maximum atomic E-state index is 5.84. The lowest BCUT2D eigenvalue weighted by Gasteiger charge is -2.40. The fourth-order valence-corrected chi connectivity index (χ4v) is 6.36. The van der Waals surface area contributed by atoms with Crippen LogP contribution in [0.15, 0.2) is 0 Å². The van der Waals surface area contributed by atoms with E-state index in [1.54, 1.807) is 0 Å². The topological polar surface area (TPSA) is 64.6 Å². The summed E-state index contributed by atoms with van der Waals surface area (Å²) in [5, 5.41) is 0. The van der Waals surface area contributed by atoms with Gasteiger partial charge in [-0.3, -0.25) is 0 Å². The Morgan fingerprint density at radius 1 is 0.636 bits per heavy atom. The summed E-state index contributed by atoms with van der Waals surface area (Å²) in [5.41, 5.74) is 0.627. The third-order valence-corrected chi connectivity index (χ3v) is 9.61. The van der Waals surface area contributed by atoms with E-state index in [1.165, 1.54) is 19.3 Å². The molecule has 2 aliphatic rings. The molecule has 2 aliphatic heterocycles. The van der Waals surface area contributed by atoms with Crippen LogP contribution < -0.4 is 0 Å². The van der Waals surface area contributed by atoms with E-state index >= 15 is 0 Å². The van der Waals surface area contributed by atoms with Gasteiger partial charge in [0.25, 0.3) is 0 Å². The van der Waals surface area contributed by atoms with E-state index in [0.717, 1.165) is 71.7 Å². The molecule has 0 bridgehead atoms. The predicted octanol–water partition coefficient (Wildman–Crippen LogP) is 5.10. The number of rotatable bonds is 19. The molecule has 0 unspecified atom stereocenters. The molecular weight excluding hydrogens is 440 g/mol. The minimum atomic E-state index is -2.50. The lowest BCUT2D eigenvalue weighted by Crippen LogP contribution is -2.47. The first-order valence-corrected chi connectivity index (χ1v) is 15.1. The molecule has 0 saturated carbocycles. The Balaban J connectivity index is 0.000000383. The third kappa shape index (κ3) is 11.0. The molecule has 8 heteroatoms. The number of unbranched alkanes of at least 4 members (excludes halogenated alkanes) is 1. The van der Waals surface area contributed by atoms with Crippen molar-refractivity contribution in [3.8, 4) is 0 Å². The Labute approximate surface area is 204 Å². The fourth-order valence-electron chi connectivity index (χ4n) is 3.78. The van der Waals surface area contributed by atoms with Gasteiger partial charge >= 0.3 is 8.80 Å². The lowest BCUT2D eigenvalue weighted by atomic mass is 9.84. The SMILES string of the molecule is CCCCOCC1(CC)COC1.CCO[Si](CCCOCC1(CC)COC1)(OCC)OCC. The summed E-state index contributed by atoms with van der Waals surface area (Å²) in [6, 6.07) is 0.818. The van der Waals surface area contributed by atoms with Crippen LogP contribution in [0.25, 0.3) is 0 Å². The smallest absolute Gasteiger partial charge is 0.381 e. The molecule has 33 heavy (non-hydrogen) atoms. The van der Waals surface area contributed by atoms with Gasteiger partial charge in [0.1, 0.15) is 0 Å². The molecule has 0 amide bonds. The number of hydrogen-bond donors (Lipinski definition) is 0. The quantitative estimate of drug-likeness (QED) is 0.184. The lowest BCUT2D eigenvalue weighted by molar-refractivity contribution is -0.150. The van der Waals surface area contributed by atoms with E-state index < -0.39 is 8.80 Å². The van der Waals surface area contributed by atoms with Crippen molar-refractivity contribution in [1.29, 1.82) is 0 Å². The molecule has 0 aromatic rings. The molecule has 0 N–H and O–H groups in total. The standard InChI is InChI=1S/C15H32O5Si.C10H20O2/c1-5-15(13-17-14-15)12-16-10-9-11-21(18-6-2,19-7-3)20-8-4;1-3-5-6-11-7-10(4-2)8-12-9-10/h5-14H2,1-4H3;3-9H2,1-2H3. The van der Waals surface area contributed by atoms with Gasteiger partial charge in [-0.15, -0.1) is 0 Å². The molecule has 2 saturated heterocycles. The molecule has 0 aliphatic carbocycles. The number of ether oxygens (including phenoxy) is 4. The summed E-state index contributed by atoms with van der Waals surface area (Å²) in [4.78, 5) is 0. The largest absolute Gasteiger partial charge is 0.501 e. The second-order valence-corrected chi connectivity index (χ2v) is 12.0. The zero-order valence-electron chi connectivity index (χ0n) is 22.4. The molecule has 2 rings (SSSR count). The van der Waals surface area contributed by atoms with E-state index in [9.17, 15) is 0 Å². The van der Waals surface area contributed by atoms with Crippen molar-refractivity contribution in [2.45, 2.75) is 79.7 Å². The van der Waals surface area contributed by atoms with Crippen molar-refractivity contribution in [2.75, 3.05) is 72.7 Å². The first kappa shape index (κ1) is 31.0. The van der Waals surface area contributed by atoms with Crippen LogP contribution >= 0.6 is 0 Å². The molecule has 7 nitrogen and oxygen atoms in total. The molecule has 0 radical (unpaired) electrons. The molecule has 0 spiro atoms. The summed E-state index contributed by atoms with van der Waals surface area (Å²) >= 11 is 0. The Morgan fingerprint density at radius 2 is 1.06 bits per heavy atom. The van der Waals surface area contributed by atoms with Gasteiger partial charge in [-0.05, 0) is 46.5 Å². The maximum absolute atomic E-state index is 5.84. The second kappa shape index (κ2) is 17.4. The Kier molecular flexibility index (Phi) is 16.3. The number of hydrogen-bond acceptors (Lipinski definition) is 7. The highest BCUT2D eigenvalue weighted by atomic mass is 28.4. The van der Waals surface area contributed by atoms with Gasteiger partial charge in [0, 0.05) is 49.9 Å². The molecule has 0 atom stereocenters. The fraction of sp³-hybridized carbons (Fsp3) is 1.00. The summed E-state index contributed by atoms with van der Waals surface area (Å²) in [6.07, 6.45) is 5.60. The molecule has 198 valence electrons. The minimum absolute atomic E-state index is 0.258. The van der Waals surface area contributed by atoms with Crippen LogP contribution in [-0.2, 0) is 32.2 Å².